The molecule has 5 rings (SSSR count). The maximum atomic E-state index is 13.3. The SMILES string of the molecule is CCCN(CCC)C(=O)C1=Cc2ccc(C(=O)Nc3ccc4c(c3)CC(NC(=O)OCc3ccccc3)C4)cc2N=C(N)C1. The Labute approximate surface area is 258 Å². The number of hydrogen-bond acceptors (Lipinski definition) is 6. The number of amides is 3. The van der Waals surface area contributed by atoms with Crippen LogP contribution in [0.2, 0.25) is 0 Å². The number of aliphatic imine (C=N–C) groups is 1. The summed E-state index contributed by atoms with van der Waals surface area (Å²) < 4.78 is 5.37. The van der Waals surface area contributed by atoms with E-state index in [2.05, 4.69) is 29.5 Å². The molecule has 2 aliphatic rings. The molecule has 3 amide bonds. The van der Waals surface area contributed by atoms with Crippen molar-refractivity contribution < 1.29 is 19.1 Å². The second-order valence-corrected chi connectivity index (χ2v) is 11.3. The number of amidine groups is 1. The van der Waals surface area contributed by atoms with E-state index in [0.29, 0.717) is 54.3 Å². The molecule has 3 aromatic rings. The maximum Gasteiger partial charge on any atom is 0.407 e. The summed E-state index contributed by atoms with van der Waals surface area (Å²) in [4.78, 5) is 45.2. The van der Waals surface area contributed by atoms with E-state index >= 15 is 0 Å². The second kappa shape index (κ2) is 14.0. The highest BCUT2D eigenvalue weighted by Gasteiger charge is 2.25. The van der Waals surface area contributed by atoms with Crippen molar-refractivity contribution in [2.75, 3.05) is 18.4 Å². The van der Waals surface area contributed by atoms with Crippen LogP contribution in [-0.4, -0.2) is 47.8 Å². The zero-order chi connectivity index (χ0) is 31.1. The molecule has 0 fully saturated rings. The van der Waals surface area contributed by atoms with Crippen molar-refractivity contribution in [3.63, 3.8) is 0 Å². The number of carbonyl (C=O) groups is 3. The van der Waals surface area contributed by atoms with Crippen LogP contribution in [0.3, 0.4) is 0 Å². The molecule has 0 radical (unpaired) electrons. The highest BCUT2D eigenvalue weighted by atomic mass is 16.5. The van der Waals surface area contributed by atoms with Gasteiger partial charge in [-0.25, -0.2) is 9.79 Å². The minimum absolute atomic E-state index is 0.0281. The monoisotopic (exact) mass is 593 g/mol. The summed E-state index contributed by atoms with van der Waals surface area (Å²) in [5.41, 5.74) is 12.3. The van der Waals surface area contributed by atoms with Gasteiger partial charge in [-0.1, -0.05) is 56.3 Å². The van der Waals surface area contributed by atoms with Gasteiger partial charge in [0, 0.05) is 47.9 Å². The van der Waals surface area contributed by atoms with Gasteiger partial charge in [0.15, 0.2) is 0 Å². The van der Waals surface area contributed by atoms with E-state index in [1.807, 2.05) is 59.5 Å². The molecule has 0 spiro atoms. The molecule has 9 nitrogen and oxygen atoms in total. The first-order valence-electron chi connectivity index (χ1n) is 15.2. The molecule has 3 aromatic carbocycles. The van der Waals surface area contributed by atoms with Crippen molar-refractivity contribution in [1.82, 2.24) is 10.2 Å². The van der Waals surface area contributed by atoms with Crippen LogP contribution < -0.4 is 16.4 Å². The Morgan fingerprint density at radius 1 is 0.955 bits per heavy atom. The molecule has 1 aliphatic heterocycles. The first-order chi connectivity index (χ1) is 21.3. The molecular formula is C35H39N5O4. The Morgan fingerprint density at radius 3 is 2.45 bits per heavy atom. The number of nitrogens with zero attached hydrogens (tertiary/aromatic N) is 2. The third kappa shape index (κ3) is 7.53. The summed E-state index contributed by atoms with van der Waals surface area (Å²) in [6.07, 6.45) is 4.75. The number of hydrogen-bond donors (Lipinski definition) is 3. The van der Waals surface area contributed by atoms with Gasteiger partial charge in [0.25, 0.3) is 5.91 Å². The molecule has 1 aliphatic carbocycles. The quantitative estimate of drug-likeness (QED) is 0.276. The first kappa shape index (κ1) is 30.5. The fourth-order valence-electron chi connectivity index (χ4n) is 5.66. The second-order valence-electron chi connectivity index (χ2n) is 11.3. The minimum Gasteiger partial charge on any atom is -0.445 e. The van der Waals surface area contributed by atoms with Crippen LogP contribution in [0.1, 0.15) is 65.7 Å². The maximum absolute atomic E-state index is 13.3. The van der Waals surface area contributed by atoms with Gasteiger partial charge >= 0.3 is 6.09 Å². The van der Waals surface area contributed by atoms with Crippen molar-refractivity contribution in [2.45, 2.75) is 58.6 Å². The Balaban J connectivity index is 1.22. The van der Waals surface area contributed by atoms with Crippen molar-refractivity contribution in [3.8, 4) is 0 Å². The molecule has 0 saturated heterocycles. The summed E-state index contributed by atoms with van der Waals surface area (Å²) in [6, 6.07) is 20.5. The van der Waals surface area contributed by atoms with Crippen LogP contribution in [0.15, 0.2) is 77.3 Å². The average Bonchev–Trinajstić information content (AvgIpc) is 3.33. The number of carbonyl (C=O) groups excluding carboxylic acids is 3. The topological polar surface area (TPSA) is 126 Å². The Hall–Kier alpha value is -4.92. The van der Waals surface area contributed by atoms with Crippen LogP contribution in [0.5, 0.6) is 0 Å². The summed E-state index contributed by atoms with van der Waals surface area (Å²) >= 11 is 0. The van der Waals surface area contributed by atoms with E-state index in [-0.39, 0.29) is 30.9 Å². The average molecular weight is 594 g/mol. The first-order valence-corrected chi connectivity index (χ1v) is 15.2. The van der Waals surface area contributed by atoms with E-state index in [4.69, 9.17) is 10.5 Å². The number of benzene rings is 3. The van der Waals surface area contributed by atoms with E-state index < -0.39 is 6.09 Å². The van der Waals surface area contributed by atoms with Gasteiger partial charge in [-0.05, 0) is 72.7 Å². The lowest BCUT2D eigenvalue weighted by atomic mass is 10.0. The molecule has 228 valence electrons. The van der Waals surface area contributed by atoms with Gasteiger partial charge in [0.1, 0.15) is 12.4 Å². The van der Waals surface area contributed by atoms with Crippen molar-refractivity contribution >= 4 is 41.2 Å². The fraction of sp³-hybridized carbons (Fsp3) is 0.314. The van der Waals surface area contributed by atoms with E-state index in [0.717, 1.165) is 35.1 Å². The molecule has 0 bridgehead atoms. The van der Waals surface area contributed by atoms with Crippen molar-refractivity contribution in [2.24, 2.45) is 10.7 Å². The number of nitrogens with two attached hydrogens (primary N) is 1. The predicted molar refractivity (Wildman–Crippen MR) is 173 cm³/mol. The third-order valence-electron chi connectivity index (χ3n) is 7.74. The lowest BCUT2D eigenvalue weighted by Crippen LogP contribution is -2.35. The van der Waals surface area contributed by atoms with Gasteiger partial charge in [0.2, 0.25) is 5.91 Å². The molecule has 44 heavy (non-hydrogen) atoms. The Bertz CT molecular complexity index is 1590. The van der Waals surface area contributed by atoms with E-state index in [1.54, 1.807) is 18.2 Å². The standard InChI is InChI=1S/C35H39N5O4/c1-3-14-40(15-4-2)34(42)28-16-25-10-11-26(20-31(25)39-32(36)21-28)33(41)37-29-13-12-24-17-30(19-27(24)18-29)38-35(43)44-22-23-8-6-5-7-9-23/h5-13,16,18,20,30H,3-4,14-15,17,19,21-22H2,1-2H3,(H2,36,39)(H,37,41)(H,38,43). The Kier molecular flexibility index (Phi) is 9.74. The minimum atomic E-state index is -0.447. The molecule has 1 unspecified atom stereocenters. The number of alkyl carbamates (subject to hydrolysis) is 1. The van der Waals surface area contributed by atoms with Crippen LogP contribution in [0.25, 0.3) is 6.08 Å². The van der Waals surface area contributed by atoms with Crippen LogP contribution in [-0.2, 0) is 29.0 Å². The van der Waals surface area contributed by atoms with Crippen LogP contribution >= 0.6 is 0 Å². The molecular weight excluding hydrogens is 554 g/mol. The van der Waals surface area contributed by atoms with Crippen LogP contribution in [0.4, 0.5) is 16.2 Å². The zero-order valence-corrected chi connectivity index (χ0v) is 25.3. The van der Waals surface area contributed by atoms with Gasteiger partial charge in [-0.15, -0.1) is 0 Å². The number of rotatable bonds is 10. The number of nitrogens with one attached hydrogen (secondary N) is 2. The molecule has 9 heteroatoms. The third-order valence-corrected chi connectivity index (χ3v) is 7.74. The molecule has 0 aromatic heterocycles. The highest BCUT2D eigenvalue weighted by Crippen LogP contribution is 2.30. The zero-order valence-electron chi connectivity index (χ0n) is 25.3. The summed E-state index contributed by atoms with van der Waals surface area (Å²) in [7, 11) is 0. The normalized spacial score (nSPS) is 15.2. The molecule has 4 N–H and O–H groups in total. The summed E-state index contributed by atoms with van der Waals surface area (Å²) in [5.74, 6) is 0.0273. The van der Waals surface area contributed by atoms with Crippen molar-refractivity contribution in [3.05, 3.63) is 100 Å². The lowest BCUT2D eigenvalue weighted by Gasteiger charge is -2.22. The van der Waals surface area contributed by atoms with Crippen molar-refractivity contribution in [1.29, 1.82) is 0 Å². The number of fused-ring (bicyclic) bond motifs is 2. The van der Waals surface area contributed by atoms with E-state index in [9.17, 15) is 14.4 Å². The van der Waals surface area contributed by atoms with Crippen LogP contribution in [0, 0.1) is 0 Å². The molecule has 1 atom stereocenters. The fourth-order valence-corrected chi connectivity index (χ4v) is 5.66. The smallest absolute Gasteiger partial charge is 0.407 e. The predicted octanol–water partition coefficient (Wildman–Crippen LogP) is 5.76. The van der Waals surface area contributed by atoms with Gasteiger partial charge in [-0.2, -0.15) is 0 Å². The number of anilines is 1. The van der Waals surface area contributed by atoms with E-state index in [1.165, 1.54) is 0 Å². The highest BCUT2D eigenvalue weighted by molar-refractivity contribution is 6.08. The van der Waals surface area contributed by atoms with Gasteiger partial charge in [0.05, 0.1) is 5.69 Å². The largest absolute Gasteiger partial charge is 0.445 e. The lowest BCUT2D eigenvalue weighted by molar-refractivity contribution is -0.127. The summed E-state index contributed by atoms with van der Waals surface area (Å²) in [6.45, 7) is 5.70. The summed E-state index contributed by atoms with van der Waals surface area (Å²) in [5, 5.41) is 5.93. The van der Waals surface area contributed by atoms with Gasteiger partial charge < -0.3 is 26.0 Å². The Morgan fingerprint density at radius 2 is 1.70 bits per heavy atom. The van der Waals surface area contributed by atoms with Gasteiger partial charge in [-0.3, -0.25) is 9.59 Å². The molecule has 0 saturated carbocycles. The number of ether oxygens (including phenoxy) is 1. The molecule has 1 heterocycles.